The normalized spacial score (nSPS) is 11.8. The molecule has 1 heterocycles. The van der Waals surface area contributed by atoms with E-state index in [9.17, 15) is 9.18 Å². The summed E-state index contributed by atoms with van der Waals surface area (Å²) < 4.78 is 24.8. The topological polar surface area (TPSA) is 76.4 Å². The average Bonchev–Trinajstić information content (AvgIpc) is 3.19. The van der Waals surface area contributed by atoms with Gasteiger partial charge in [-0.25, -0.2) is 9.37 Å². The van der Waals surface area contributed by atoms with E-state index in [-0.39, 0.29) is 10.9 Å². The van der Waals surface area contributed by atoms with Crippen molar-refractivity contribution in [3.63, 3.8) is 0 Å². The van der Waals surface area contributed by atoms with Crippen LogP contribution in [0.1, 0.15) is 6.92 Å². The fraction of sp³-hybridized carbons (Fsp3) is 0.0870. The van der Waals surface area contributed by atoms with Crippen LogP contribution < -0.4 is 15.4 Å². The maximum absolute atomic E-state index is 13.5. The fourth-order valence-electron chi connectivity index (χ4n) is 2.94. The van der Waals surface area contributed by atoms with Crippen molar-refractivity contribution in [2.45, 2.75) is 13.0 Å². The molecule has 0 radical (unpaired) electrons. The van der Waals surface area contributed by atoms with Gasteiger partial charge in [0.05, 0.1) is 5.02 Å². The van der Waals surface area contributed by atoms with E-state index in [2.05, 4.69) is 15.6 Å². The number of rotatable bonds is 5. The number of carbonyl (C=O) groups excluding carboxylic acids is 1. The summed E-state index contributed by atoms with van der Waals surface area (Å²) in [6, 6.07) is 15.8. The molecule has 0 saturated heterocycles. The minimum atomic E-state index is -0.865. The van der Waals surface area contributed by atoms with Gasteiger partial charge in [-0.1, -0.05) is 29.3 Å². The number of aromatic nitrogens is 1. The minimum Gasteiger partial charge on any atom is -0.479 e. The number of hydrogen-bond acceptors (Lipinski definition) is 5. The molecule has 0 aliphatic heterocycles. The number of nitrogens with one attached hydrogen (secondary N) is 2. The second-order valence-electron chi connectivity index (χ2n) is 6.99. The first kappa shape index (κ1) is 23.0. The Bertz CT molecular complexity index is 1360. The number of ether oxygens (including phenoxy) is 1. The van der Waals surface area contributed by atoms with Crippen LogP contribution in [-0.4, -0.2) is 22.1 Å². The summed E-state index contributed by atoms with van der Waals surface area (Å²) in [7, 11) is 0. The fourth-order valence-corrected chi connectivity index (χ4v) is 3.61. The monoisotopic (exact) mass is 503 g/mol. The highest BCUT2D eigenvalue weighted by Crippen LogP contribution is 2.29. The largest absolute Gasteiger partial charge is 0.479 e. The summed E-state index contributed by atoms with van der Waals surface area (Å²) in [5.74, 6) is -0.221. The van der Waals surface area contributed by atoms with E-state index in [1.54, 1.807) is 49.4 Å². The molecule has 1 atom stereocenters. The smallest absolute Gasteiger partial charge is 0.266 e. The first-order valence-corrected chi connectivity index (χ1v) is 10.8. The Kier molecular flexibility index (Phi) is 6.78. The van der Waals surface area contributed by atoms with E-state index >= 15 is 0 Å². The molecule has 4 rings (SSSR count). The zero-order valence-electron chi connectivity index (χ0n) is 17.1. The number of nitrogens with zero attached hydrogens (tertiary/aromatic N) is 1. The standard InChI is InChI=1S/C23H16Cl2FN3O3S/c1-12(31-19-7-5-14(24)10-17(19)25)21(30)29-23(33)27-16-6-8-20-18(11-16)28-22(32-20)13-3-2-4-15(26)9-13/h2-12H,1H3,(H2,27,29,30,33). The molecule has 33 heavy (non-hydrogen) atoms. The summed E-state index contributed by atoms with van der Waals surface area (Å²) in [4.78, 5) is 16.8. The van der Waals surface area contributed by atoms with Crippen LogP contribution in [0.4, 0.5) is 10.1 Å². The maximum atomic E-state index is 13.5. The van der Waals surface area contributed by atoms with E-state index in [1.807, 2.05) is 0 Å². The maximum Gasteiger partial charge on any atom is 0.266 e. The van der Waals surface area contributed by atoms with Crippen LogP contribution in [0.2, 0.25) is 10.0 Å². The number of hydrogen-bond donors (Lipinski definition) is 2. The quantitative estimate of drug-likeness (QED) is 0.314. The molecular formula is C23H16Cl2FN3O3S. The molecule has 6 nitrogen and oxygen atoms in total. The van der Waals surface area contributed by atoms with Crippen molar-refractivity contribution in [2.75, 3.05) is 5.32 Å². The number of fused-ring (bicyclic) bond motifs is 1. The number of oxazole rings is 1. The Balaban J connectivity index is 1.40. The van der Waals surface area contributed by atoms with Gasteiger partial charge >= 0.3 is 0 Å². The van der Waals surface area contributed by atoms with Gasteiger partial charge in [-0.3, -0.25) is 10.1 Å². The molecule has 1 amide bonds. The predicted molar refractivity (Wildman–Crippen MR) is 130 cm³/mol. The third kappa shape index (κ3) is 5.60. The number of benzene rings is 3. The van der Waals surface area contributed by atoms with Crippen molar-refractivity contribution in [3.05, 3.63) is 76.5 Å². The Morgan fingerprint density at radius 3 is 2.73 bits per heavy atom. The zero-order valence-corrected chi connectivity index (χ0v) is 19.4. The molecule has 0 aliphatic carbocycles. The molecule has 0 saturated carbocycles. The van der Waals surface area contributed by atoms with Crippen LogP contribution in [0.5, 0.6) is 5.75 Å². The van der Waals surface area contributed by atoms with Crippen molar-refractivity contribution in [1.82, 2.24) is 10.3 Å². The molecule has 0 fully saturated rings. The molecule has 1 unspecified atom stereocenters. The molecule has 0 bridgehead atoms. The number of amides is 1. The summed E-state index contributed by atoms with van der Waals surface area (Å²) in [6.45, 7) is 1.57. The van der Waals surface area contributed by atoms with E-state index in [1.165, 1.54) is 18.2 Å². The molecule has 2 N–H and O–H groups in total. The van der Waals surface area contributed by atoms with Gasteiger partial charge in [0.2, 0.25) is 5.89 Å². The Labute approximate surface area is 203 Å². The molecule has 168 valence electrons. The van der Waals surface area contributed by atoms with E-state index in [4.69, 9.17) is 44.6 Å². The van der Waals surface area contributed by atoms with Crippen LogP contribution in [-0.2, 0) is 4.79 Å². The SMILES string of the molecule is CC(Oc1ccc(Cl)cc1Cl)C(=O)NC(=S)Nc1ccc2oc(-c3cccc(F)c3)nc2c1. The Morgan fingerprint density at radius 2 is 1.97 bits per heavy atom. The predicted octanol–water partition coefficient (Wildman–Crippen LogP) is 6.22. The Hall–Kier alpha value is -3.20. The lowest BCUT2D eigenvalue weighted by Gasteiger charge is -2.16. The molecule has 0 spiro atoms. The average molecular weight is 504 g/mol. The molecule has 4 aromatic rings. The van der Waals surface area contributed by atoms with Gasteiger partial charge in [-0.2, -0.15) is 0 Å². The van der Waals surface area contributed by atoms with E-state index in [0.29, 0.717) is 44.0 Å². The van der Waals surface area contributed by atoms with Crippen LogP contribution in [0.25, 0.3) is 22.6 Å². The Morgan fingerprint density at radius 1 is 1.15 bits per heavy atom. The van der Waals surface area contributed by atoms with Crippen LogP contribution in [0, 0.1) is 5.82 Å². The van der Waals surface area contributed by atoms with Gasteiger partial charge in [0.1, 0.15) is 17.1 Å². The summed E-state index contributed by atoms with van der Waals surface area (Å²) >= 11 is 17.2. The van der Waals surface area contributed by atoms with Crippen LogP contribution >= 0.6 is 35.4 Å². The summed E-state index contributed by atoms with van der Waals surface area (Å²) in [5.41, 5.74) is 2.18. The number of anilines is 1. The van der Waals surface area contributed by atoms with Crippen molar-refractivity contribution < 1.29 is 18.3 Å². The first-order chi connectivity index (χ1) is 15.8. The third-order valence-electron chi connectivity index (χ3n) is 4.52. The minimum absolute atomic E-state index is 0.0749. The molecular weight excluding hydrogens is 488 g/mol. The highest BCUT2D eigenvalue weighted by atomic mass is 35.5. The number of halogens is 3. The highest BCUT2D eigenvalue weighted by molar-refractivity contribution is 7.80. The van der Waals surface area contributed by atoms with Gasteiger partial charge in [0.25, 0.3) is 5.91 Å². The highest BCUT2D eigenvalue weighted by Gasteiger charge is 2.18. The van der Waals surface area contributed by atoms with Crippen LogP contribution in [0.3, 0.4) is 0 Å². The first-order valence-electron chi connectivity index (χ1n) is 9.68. The van der Waals surface area contributed by atoms with Crippen molar-refractivity contribution in [1.29, 1.82) is 0 Å². The van der Waals surface area contributed by atoms with Gasteiger partial charge in [0, 0.05) is 16.3 Å². The van der Waals surface area contributed by atoms with Crippen LogP contribution in [0.15, 0.2) is 65.1 Å². The van der Waals surface area contributed by atoms with E-state index in [0.717, 1.165) is 0 Å². The van der Waals surface area contributed by atoms with Crippen molar-refractivity contribution in [2.24, 2.45) is 0 Å². The summed E-state index contributed by atoms with van der Waals surface area (Å²) in [5, 5.41) is 6.31. The number of thiocarbonyl (C=S) groups is 1. The second kappa shape index (κ2) is 9.74. The number of carbonyl (C=O) groups is 1. The van der Waals surface area contributed by atoms with Gasteiger partial charge in [-0.15, -0.1) is 0 Å². The lowest BCUT2D eigenvalue weighted by Crippen LogP contribution is -2.42. The second-order valence-corrected chi connectivity index (χ2v) is 8.24. The summed E-state index contributed by atoms with van der Waals surface area (Å²) in [6.07, 6.45) is -0.865. The van der Waals surface area contributed by atoms with Crippen molar-refractivity contribution >= 4 is 63.2 Å². The van der Waals surface area contributed by atoms with Gasteiger partial charge < -0.3 is 14.5 Å². The lowest BCUT2D eigenvalue weighted by atomic mass is 10.2. The lowest BCUT2D eigenvalue weighted by molar-refractivity contribution is -0.125. The molecule has 10 heteroatoms. The van der Waals surface area contributed by atoms with E-state index < -0.39 is 12.0 Å². The zero-order chi connectivity index (χ0) is 23.5. The van der Waals surface area contributed by atoms with Gasteiger partial charge in [0.15, 0.2) is 16.8 Å². The van der Waals surface area contributed by atoms with Gasteiger partial charge in [-0.05, 0) is 73.7 Å². The molecule has 3 aromatic carbocycles. The molecule has 1 aromatic heterocycles. The molecule has 0 aliphatic rings. The van der Waals surface area contributed by atoms with Crippen molar-refractivity contribution in [3.8, 4) is 17.2 Å². The third-order valence-corrected chi connectivity index (χ3v) is 5.26.